The molecule has 1 N–H and O–H groups in total. The van der Waals surface area contributed by atoms with Gasteiger partial charge in [0.25, 0.3) is 5.69 Å². The van der Waals surface area contributed by atoms with E-state index in [9.17, 15) is 19.7 Å². The van der Waals surface area contributed by atoms with Gasteiger partial charge in [0, 0.05) is 11.8 Å². The van der Waals surface area contributed by atoms with Crippen molar-refractivity contribution in [3.63, 3.8) is 0 Å². The number of carbonyl (C=O) groups excluding carboxylic acids is 1. The number of aliphatic carboxylic acids is 1. The van der Waals surface area contributed by atoms with Gasteiger partial charge in [-0.25, -0.2) is 4.79 Å². The lowest BCUT2D eigenvalue weighted by Crippen LogP contribution is -2.36. The molecule has 0 bridgehead atoms. The van der Waals surface area contributed by atoms with E-state index in [0.29, 0.717) is 10.8 Å². The molecule has 24 heavy (non-hydrogen) atoms. The zero-order chi connectivity index (χ0) is 17.7. The smallest absolute Gasteiger partial charge is 0.415 e. The maximum absolute atomic E-state index is 12.0. The molecule has 0 saturated carbocycles. The fourth-order valence-electron chi connectivity index (χ4n) is 2.19. The summed E-state index contributed by atoms with van der Waals surface area (Å²) in [6, 6.07) is 8.93. The Morgan fingerprint density at radius 2 is 2.08 bits per heavy atom. The van der Waals surface area contributed by atoms with Gasteiger partial charge in [-0.3, -0.25) is 19.8 Å². The first-order chi connectivity index (χ1) is 11.4. The van der Waals surface area contributed by atoms with E-state index in [2.05, 4.69) is 6.58 Å². The number of hydrogen-bond donors (Lipinski definition) is 1. The molecule has 0 aliphatic heterocycles. The zero-order valence-electron chi connectivity index (χ0n) is 12.5. The van der Waals surface area contributed by atoms with Crippen LogP contribution >= 0.6 is 0 Å². The molecule has 0 aliphatic rings. The first-order valence-electron chi connectivity index (χ1n) is 6.88. The number of amides is 1. The number of hydrogen-bond acceptors (Lipinski definition) is 5. The fraction of sp³-hybridized carbons (Fsp3) is 0.125. The van der Waals surface area contributed by atoms with Crippen LogP contribution in [0.15, 0.2) is 49.1 Å². The van der Waals surface area contributed by atoms with E-state index in [1.165, 1.54) is 36.4 Å². The lowest BCUT2D eigenvalue weighted by atomic mass is 10.1. The number of rotatable bonds is 6. The van der Waals surface area contributed by atoms with Crippen LogP contribution in [-0.4, -0.2) is 35.2 Å². The van der Waals surface area contributed by atoms with Gasteiger partial charge in [-0.1, -0.05) is 24.8 Å². The molecular weight excluding hydrogens is 316 g/mol. The van der Waals surface area contributed by atoms with E-state index in [-0.39, 0.29) is 18.0 Å². The SMILES string of the molecule is C=CCOC(=O)N(CC(=O)O)c1ccc2c([N+](=O)[O-])cccc2c1. The number of carboxylic acid groups (broad SMARTS) is 1. The summed E-state index contributed by atoms with van der Waals surface area (Å²) in [6.07, 6.45) is 0.516. The number of nitrogens with zero attached hydrogens (tertiary/aromatic N) is 2. The Balaban J connectivity index is 2.46. The minimum absolute atomic E-state index is 0.0615. The van der Waals surface area contributed by atoms with Crippen molar-refractivity contribution in [2.24, 2.45) is 0 Å². The van der Waals surface area contributed by atoms with Crippen molar-refractivity contribution in [2.45, 2.75) is 0 Å². The molecule has 2 aromatic carbocycles. The summed E-state index contributed by atoms with van der Waals surface area (Å²) < 4.78 is 4.88. The number of benzene rings is 2. The quantitative estimate of drug-likeness (QED) is 0.495. The minimum Gasteiger partial charge on any atom is -0.480 e. The molecule has 0 aromatic heterocycles. The number of carboxylic acids is 1. The van der Waals surface area contributed by atoms with Crippen LogP contribution in [0.2, 0.25) is 0 Å². The fourth-order valence-corrected chi connectivity index (χ4v) is 2.19. The third kappa shape index (κ3) is 3.67. The molecule has 0 aliphatic carbocycles. The Kier molecular flexibility index (Phi) is 5.10. The molecule has 1 amide bonds. The molecular formula is C16H14N2O6. The summed E-state index contributed by atoms with van der Waals surface area (Å²) in [5.41, 5.74) is 0.192. The van der Waals surface area contributed by atoms with Crippen LogP contribution in [0.3, 0.4) is 0 Å². The maximum Gasteiger partial charge on any atom is 0.415 e. The van der Waals surface area contributed by atoms with Crippen molar-refractivity contribution < 1.29 is 24.4 Å². The van der Waals surface area contributed by atoms with E-state index < -0.39 is 23.5 Å². The Hall–Kier alpha value is -3.42. The van der Waals surface area contributed by atoms with Crippen LogP contribution in [-0.2, 0) is 9.53 Å². The van der Waals surface area contributed by atoms with Crippen molar-refractivity contribution in [1.29, 1.82) is 0 Å². The third-order valence-corrected chi connectivity index (χ3v) is 3.19. The van der Waals surface area contributed by atoms with Gasteiger partial charge in [0.15, 0.2) is 0 Å². The summed E-state index contributed by atoms with van der Waals surface area (Å²) in [6.45, 7) is 2.75. The zero-order valence-corrected chi connectivity index (χ0v) is 12.5. The van der Waals surface area contributed by atoms with Crippen molar-refractivity contribution in [1.82, 2.24) is 0 Å². The average molecular weight is 330 g/mol. The van der Waals surface area contributed by atoms with Crippen LogP contribution in [0, 0.1) is 10.1 Å². The molecule has 0 heterocycles. The van der Waals surface area contributed by atoms with Gasteiger partial charge in [0.1, 0.15) is 13.2 Å². The largest absolute Gasteiger partial charge is 0.480 e. The van der Waals surface area contributed by atoms with Gasteiger partial charge in [-0.15, -0.1) is 0 Å². The van der Waals surface area contributed by atoms with Crippen molar-refractivity contribution in [3.05, 3.63) is 59.2 Å². The summed E-state index contributed by atoms with van der Waals surface area (Å²) in [5, 5.41) is 20.9. The number of anilines is 1. The topological polar surface area (TPSA) is 110 Å². The number of nitro groups is 1. The van der Waals surface area contributed by atoms with Crippen LogP contribution in [0.25, 0.3) is 10.8 Å². The lowest BCUT2D eigenvalue weighted by molar-refractivity contribution is -0.383. The highest BCUT2D eigenvalue weighted by molar-refractivity contribution is 5.98. The Bertz CT molecular complexity index is 817. The minimum atomic E-state index is -1.22. The molecule has 2 aromatic rings. The highest BCUT2D eigenvalue weighted by atomic mass is 16.6. The maximum atomic E-state index is 12.0. The van der Waals surface area contributed by atoms with Crippen molar-refractivity contribution in [2.75, 3.05) is 18.1 Å². The normalized spacial score (nSPS) is 10.2. The van der Waals surface area contributed by atoms with E-state index in [4.69, 9.17) is 9.84 Å². The molecule has 124 valence electrons. The Morgan fingerprint density at radius 1 is 1.33 bits per heavy atom. The highest BCUT2D eigenvalue weighted by Gasteiger charge is 2.21. The molecule has 2 rings (SSSR count). The van der Waals surface area contributed by atoms with Gasteiger partial charge in [-0.2, -0.15) is 0 Å². The second-order valence-electron chi connectivity index (χ2n) is 4.79. The lowest BCUT2D eigenvalue weighted by Gasteiger charge is -2.20. The van der Waals surface area contributed by atoms with Crippen molar-refractivity contribution in [3.8, 4) is 0 Å². The third-order valence-electron chi connectivity index (χ3n) is 3.19. The first kappa shape index (κ1) is 16.9. The van der Waals surface area contributed by atoms with Crippen LogP contribution in [0.5, 0.6) is 0 Å². The Labute approximate surface area is 136 Å². The standard InChI is InChI=1S/C16H14N2O6/c1-2-8-24-16(21)17(10-15(19)20)12-6-7-13-11(9-12)4-3-5-14(13)18(22)23/h2-7,9H,1,8,10H2,(H,19,20). The highest BCUT2D eigenvalue weighted by Crippen LogP contribution is 2.29. The van der Waals surface area contributed by atoms with Crippen LogP contribution in [0.1, 0.15) is 0 Å². The van der Waals surface area contributed by atoms with E-state index >= 15 is 0 Å². The van der Waals surface area contributed by atoms with Gasteiger partial charge in [-0.05, 0) is 23.6 Å². The molecule has 0 spiro atoms. The first-order valence-corrected chi connectivity index (χ1v) is 6.88. The predicted molar refractivity (Wildman–Crippen MR) is 87.1 cm³/mol. The Morgan fingerprint density at radius 3 is 2.71 bits per heavy atom. The van der Waals surface area contributed by atoms with E-state index in [0.717, 1.165) is 4.90 Å². The molecule has 8 heteroatoms. The molecule has 0 unspecified atom stereocenters. The van der Waals surface area contributed by atoms with Gasteiger partial charge in [0.2, 0.25) is 0 Å². The number of non-ortho nitro benzene ring substituents is 1. The van der Waals surface area contributed by atoms with Crippen molar-refractivity contribution >= 4 is 34.2 Å². The summed E-state index contributed by atoms with van der Waals surface area (Å²) in [5.74, 6) is -1.22. The van der Waals surface area contributed by atoms with Crippen LogP contribution in [0.4, 0.5) is 16.2 Å². The van der Waals surface area contributed by atoms with Gasteiger partial charge >= 0.3 is 12.1 Å². The monoisotopic (exact) mass is 330 g/mol. The van der Waals surface area contributed by atoms with Gasteiger partial charge in [0.05, 0.1) is 10.3 Å². The van der Waals surface area contributed by atoms with Crippen LogP contribution < -0.4 is 4.90 Å². The molecule has 0 radical (unpaired) electrons. The second-order valence-corrected chi connectivity index (χ2v) is 4.79. The summed E-state index contributed by atoms with van der Waals surface area (Å²) in [7, 11) is 0. The average Bonchev–Trinajstić information content (AvgIpc) is 2.56. The number of ether oxygens (including phenoxy) is 1. The predicted octanol–water partition coefficient (Wildman–Crippen LogP) is 2.96. The second kappa shape index (κ2) is 7.23. The number of fused-ring (bicyclic) bond motifs is 1. The molecule has 0 fully saturated rings. The summed E-state index contributed by atoms with van der Waals surface area (Å²) >= 11 is 0. The molecule has 0 saturated heterocycles. The van der Waals surface area contributed by atoms with Gasteiger partial charge < -0.3 is 9.84 Å². The summed E-state index contributed by atoms with van der Waals surface area (Å²) in [4.78, 5) is 34.5. The number of carbonyl (C=O) groups is 2. The number of nitro benzene ring substituents is 1. The van der Waals surface area contributed by atoms with E-state index in [1.807, 2.05) is 0 Å². The molecule has 8 nitrogen and oxygen atoms in total. The van der Waals surface area contributed by atoms with E-state index in [1.54, 1.807) is 6.07 Å². The molecule has 0 atom stereocenters.